The van der Waals surface area contributed by atoms with Crippen LogP contribution in [0.2, 0.25) is 10.0 Å². The first kappa shape index (κ1) is 25.4. The normalized spacial score (nSPS) is 11.8. The fraction of sp³-hybridized carbons (Fsp3) is 0.391. The number of benzene rings is 2. The molecule has 168 valence electrons. The number of nitrogens with zero attached hydrogens (tertiary/aromatic N) is 1. The van der Waals surface area contributed by atoms with E-state index < -0.39 is 6.04 Å². The molecule has 0 spiro atoms. The van der Waals surface area contributed by atoms with Crippen molar-refractivity contribution in [3.05, 3.63) is 63.6 Å². The highest BCUT2D eigenvalue weighted by molar-refractivity contribution is 7.99. The van der Waals surface area contributed by atoms with Gasteiger partial charge in [-0.25, -0.2) is 0 Å². The maximum atomic E-state index is 13.1. The largest absolute Gasteiger partial charge is 0.497 e. The molecule has 8 heteroatoms. The Balaban J connectivity index is 2.09. The van der Waals surface area contributed by atoms with Crippen molar-refractivity contribution in [1.82, 2.24) is 10.2 Å². The number of amides is 2. The molecule has 0 saturated heterocycles. The van der Waals surface area contributed by atoms with Crippen molar-refractivity contribution in [2.24, 2.45) is 0 Å². The van der Waals surface area contributed by atoms with E-state index in [9.17, 15) is 9.59 Å². The van der Waals surface area contributed by atoms with Crippen molar-refractivity contribution >= 4 is 46.8 Å². The maximum absolute atomic E-state index is 13.1. The Morgan fingerprint density at radius 1 is 1.10 bits per heavy atom. The lowest BCUT2D eigenvalue weighted by Gasteiger charge is -2.29. The molecule has 0 radical (unpaired) electrons. The van der Waals surface area contributed by atoms with Crippen molar-refractivity contribution in [3.8, 4) is 5.75 Å². The first-order valence-corrected chi connectivity index (χ1v) is 11.9. The fourth-order valence-electron chi connectivity index (χ4n) is 2.89. The second-order valence-electron chi connectivity index (χ2n) is 7.44. The molecule has 2 aromatic rings. The second-order valence-corrected chi connectivity index (χ2v) is 9.27. The maximum Gasteiger partial charge on any atom is 0.242 e. The minimum Gasteiger partial charge on any atom is -0.497 e. The molecular formula is C23H28Cl2N2O3S. The molecule has 0 heterocycles. The minimum atomic E-state index is -0.600. The van der Waals surface area contributed by atoms with Gasteiger partial charge in [-0.05, 0) is 56.2 Å². The number of carbonyl (C=O) groups is 2. The van der Waals surface area contributed by atoms with Gasteiger partial charge in [0.05, 0.1) is 12.9 Å². The Bertz CT molecular complexity index is 891. The van der Waals surface area contributed by atoms with E-state index in [0.29, 0.717) is 22.3 Å². The number of ether oxygens (including phenoxy) is 1. The molecule has 0 fully saturated rings. The summed E-state index contributed by atoms with van der Waals surface area (Å²) in [4.78, 5) is 27.3. The molecule has 5 nitrogen and oxygen atoms in total. The van der Waals surface area contributed by atoms with Gasteiger partial charge in [0.1, 0.15) is 11.8 Å². The van der Waals surface area contributed by atoms with E-state index in [1.807, 2.05) is 44.2 Å². The lowest BCUT2D eigenvalue weighted by molar-refractivity contribution is -0.138. The van der Waals surface area contributed by atoms with Crippen LogP contribution >= 0.6 is 35.0 Å². The van der Waals surface area contributed by atoms with E-state index >= 15 is 0 Å². The molecule has 0 saturated carbocycles. The van der Waals surface area contributed by atoms with Gasteiger partial charge < -0.3 is 15.0 Å². The third-order valence-corrected chi connectivity index (χ3v) is 6.16. The second kappa shape index (κ2) is 12.2. The number of hydrogen-bond acceptors (Lipinski definition) is 4. The van der Waals surface area contributed by atoms with Gasteiger partial charge in [-0.1, -0.05) is 41.4 Å². The van der Waals surface area contributed by atoms with Crippen LogP contribution in [-0.4, -0.2) is 41.7 Å². The molecule has 0 aromatic heterocycles. The van der Waals surface area contributed by atoms with Gasteiger partial charge in [0.15, 0.2) is 0 Å². The average Bonchev–Trinajstić information content (AvgIpc) is 2.72. The van der Waals surface area contributed by atoms with E-state index in [0.717, 1.165) is 16.9 Å². The van der Waals surface area contributed by atoms with Crippen LogP contribution < -0.4 is 10.1 Å². The Morgan fingerprint density at radius 2 is 1.77 bits per heavy atom. The number of carbonyl (C=O) groups excluding carboxylic acids is 2. The molecule has 0 aliphatic carbocycles. The quantitative estimate of drug-likeness (QED) is 0.506. The average molecular weight is 483 g/mol. The molecule has 0 aliphatic heterocycles. The van der Waals surface area contributed by atoms with Crippen LogP contribution in [0.1, 0.15) is 31.9 Å². The van der Waals surface area contributed by atoms with E-state index in [1.54, 1.807) is 31.1 Å². The van der Waals surface area contributed by atoms with Crippen LogP contribution in [0.15, 0.2) is 42.5 Å². The van der Waals surface area contributed by atoms with Gasteiger partial charge in [0, 0.05) is 28.4 Å². The summed E-state index contributed by atoms with van der Waals surface area (Å²) in [7, 11) is 1.60. The Hall–Kier alpha value is -1.89. The molecule has 1 atom stereocenters. The summed E-state index contributed by atoms with van der Waals surface area (Å²) in [6, 6.07) is 12.2. The lowest BCUT2D eigenvalue weighted by Crippen LogP contribution is -2.49. The van der Waals surface area contributed by atoms with E-state index in [-0.39, 0.29) is 23.6 Å². The molecule has 1 unspecified atom stereocenters. The van der Waals surface area contributed by atoms with Gasteiger partial charge in [-0.15, -0.1) is 11.8 Å². The number of thioether (sulfide) groups is 1. The van der Waals surface area contributed by atoms with E-state index in [4.69, 9.17) is 27.9 Å². The van der Waals surface area contributed by atoms with E-state index in [2.05, 4.69) is 5.32 Å². The van der Waals surface area contributed by atoms with Crippen LogP contribution in [0.5, 0.6) is 5.75 Å². The highest BCUT2D eigenvalue weighted by Crippen LogP contribution is 2.25. The van der Waals surface area contributed by atoms with Crippen LogP contribution in [0.4, 0.5) is 0 Å². The number of methoxy groups -OCH3 is 1. The van der Waals surface area contributed by atoms with Crippen molar-refractivity contribution in [2.45, 2.75) is 45.2 Å². The van der Waals surface area contributed by atoms with Crippen LogP contribution in [0, 0.1) is 0 Å². The van der Waals surface area contributed by atoms with Crippen molar-refractivity contribution < 1.29 is 14.3 Å². The highest BCUT2D eigenvalue weighted by Gasteiger charge is 2.26. The summed E-state index contributed by atoms with van der Waals surface area (Å²) >= 11 is 13.6. The van der Waals surface area contributed by atoms with E-state index in [1.165, 1.54) is 11.8 Å². The Morgan fingerprint density at radius 3 is 2.35 bits per heavy atom. The highest BCUT2D eigenvalue weighted by atomic mass is 35.5. The van der Waals surface area contributed by atoms with Crippen molar-refractivity contribution in [3.63, 3.8) is 0 Å². The fourth-order valence-corrected chi connectivity index (χ4v) is 4.35. The standard InChI is InChI=1S/C23H28Cl2N2O3S/c1-15(2)26-23(29)16(3)27(12-17-5-9-20(30-4)10-6-17)22(28)14-31-13-18-7-8-19(24)11-21(18)25/h5-11,15-16H,12-14H2,1-4H3,(H,26,29). The third-order valence-electron chi connectivity index (χ3n) is 4.61. The Kier molecular flexibility index (Phi) is 10.0. The number of rotatable bonds is 10. The van der Waals surface area contributed by atoms with Gasteiger partial charge in [-0.3, -0.25) is 9.59 Å². The van der Waals surface area contributed by atoms with Gasteiger partial charge in [0.2, 0.25) is 11.8 Å². The molecule has 0 aliphatic rings. The molecule has 31 heavy (non-hydrogen) atoms. The first-order chi connectivity index (χ1) is 14.7. The molecule has 0 bridgehead atoms. The summed E-state index contributed by atoms with van der Waals surface area (Å²) in [5, 5.41) is 4.04. The lowest BCUT2D eigenvalue weighted by atomic mass is 10.1. The smallest absolute Gasteiger partial charge is 0.242 e. The molecule has 2 rings (SSSR count). The summed E-state index contributed by atoms with van der Waals surface area (Å²) in [6.07, 6.45) is 0. The summed E-state index contributed by atoms with van der Waals surface area (Å²) < 4.78 is 5.20. The van der Waals surface area contributed by atoms with Crippen LogP contribution in [0.25, 0.3) is 0 Å². The van der Waals surface area contributed by atoms with Crippen molar-refractivity contribution in [1.29, 1.82) is 0 Å². The zero-order valence-electron chi connectivity index (χ0n) is 18.2. The molecule has 1 N–H and O–H groups in total. The van der Waals surface area contributed by atoms with Gasteiger partial charge in [0.25, 0.3) is 0 Å². The summed E-state index contributed by atoms with van der Waals surface area (Å²) in [5.41, 5.74) is 1.83. The molecule has 2 aromatic carbocycles. The predicted molar refractivity (Wildman–Crippen MR) is 129 cm³/mol. The third kappa shape index (κ3) is 7.95. The predicted octanol–water partition coefficient (Wildman–Crippen LogP) is 5.18. The van der Waals surface area contributed by atoms with Crippen LogP contribution in [-0.2, 0) is 21.9 Å². The molecular weight excluding hydrogens is 455 g/mol. The Labute approximate surface area is 198 Å². The van der Waals surface area contributed by atoms with Gasteiger partial charge >= 0.3 is 0 Å². The zero-order chi connectivity index (χ0) is 23.0. The number of hydrogen-bond donors (Lipinski definition) is 1. The minimum absolute atomic E-state index is 0.00527. The van der Waals surface area contributed by atoms with Crippen molar-refractivity contribution in [2.75, 3.05) is 12.9 Å². The summed E-state index contributed by atoms with van der Waals surface area (Å²) in [6.45, 7) is 5.87. The topological polar surface area (TPSA) is 58.6 Å². The number of nitrogens with one attached hydrogen (secondary N) is 1. The van der Waals surface area contributed by atoms with Gasteiger partial charge in [-0.2, -0.15) is 0 Å². The van der Waals surface area contributed by atoms with Crippen LogP contribution in [0.3, 0.4) is 0 Å². The monoisotopic (exact) mass is 482 g/mol. The molecule has 2 amide bonds. The summed E-state index contributed by atoms with van der Waals surface area (Å²) in [5.74, 6) is 1.25. The zero-order valence-corrected chi connectivity index (χ0v) is 20.5. The number of halogens is 2. The first-order valence-electron chi connectivity index (χ1n) is 9.95. The SMILES string of the molecule is COc1ccc(CN(C(=O)CSCc2ccc(Cl)cc2Cl)C(C)C(=O)NC(C)C)cc1.